The van der Waals surface area contributed by atoms with Gasteiger partial charge in [0.05, 0.1) is 31.4 Å². The second-order valence-electron chi connectivity index (χ2n) is 8.59. The Labute approximate surface area is 182 Å². The highest BCUT2D eigenvalue weighted by molar-refractivity contribution is 7.17. The highest BCUT2D eigenvalue weighted by atomic mass is 32.1. The summed E-state index contributed by atoms with van der Waals surface area (Å²) < 4.78 is 16.9. The Morgan fingerprint density at radius 1 is 1.30 bits per heavy atom. The van der Waals surface area contributed by atoms with Gasteiger partial charge in [-0.2, -0.15) is 0 Å². The summed E-state index contributed by atoms with van der Waals surface area (Å²) >= 11 is 1.54. The van der Waals surface area contributed by atoms with Gasteiger partial charge in [0.25, 0.3) is 0 Å². The molecule has 1 aromatic rings. The fraction of sp³-hybridized carbons (Fsp3) is 0.727. The minimum Gasteiger partial charge on any atom is -0.462 e. The van der Waals surface area contributed by atoms with Gasteiger partial charge in [-0.25, -0.2) is 4.79 Å². The summed E-state index contributed by atoms with van der Waals surface area (Å²) in [6.07, 6.45) is 4.40. The second-order valence-corrected chi connectivity index (χ2v) is 9.69. The van der Waals surface area contributed by atoms with Gasteiger partial charge >= 0.3 is 5.97 Å². The lowest BCUT2D eigenvalue weighted by molar-refractivity contribution is -0.187. The summed E-state index contributed by atoms with van der Waals surface area (Å²) in [6, 6.07) is -0.295. The number of likely N-dealkylation sites (tertiary alicyclic amines) is 1. The van der Waals surface area contributed by atoms with Crippen molar-refractivity contribution in [2.75, 3.05) is 38.2 Å². The average Bonchev–Trinajstić information content (AvgIpc) is 3.32. The first-order chi connectivity index (χ1) is 14.4. The van der Waals surface area contributed by atoms with Gasteiger partial charge < -0.3 is 19.5 Å². The maximum Gasteiger partial charge on any atom is 0.341 e. The second kappa shape index (κ2) is 8.94. The number of thiophene rings is 1. The van der Waals surface area contributed by atoms with Crippen LogP contribution in [0.25, 0.3) is 0 Å². The Morgan fingerprint density at radius 2 is 2.00 bits per heavy atom. The van der Waals surface area contributed by atoms with Gasteiger partial charge in [0, 0.05) is 30.8 Å². The lowest BCUT2D eigenvalue weighted by Gasteiger charge is -2.39. The van der Waals surface area contributed by atoms with Crippen LogP contribution in [0.1, 0.15) is 60.8 Å². The van der Waals surface area contributed by atoms with E-state index in [1.165, 1.54) is 16.2 Å². The van der Waals surface area contributed by atoms with E-state index in [0.29, 0.717) is 36.3 Å². The number of nitrogens with zero attached hydrogens (tertiary/aromatic N) is 1. The van der Waals surface area contributed by atoms with Crippen LogP contribution in [0.15, 0.2) is 0 Å². The van der Waals surface area contributed by atoms with Crippen LogP contribution < -0.4 is 5.32 Å². The van der Waals surface area contributed by atoms with E-state index in [0.717, 1.165) is 50.8 Å². The quantitative estimate of drug-likeness (QED) is 0.715. The molecule has 0 aromatic carbocycles. The minimum absolute atomic E-state index is 0.0867. The Kier molecular flexibility index (Phi) is 6.48. The molecule has 8 heteroatoms. The number of esters is 1. The van der Waals surface area contributed by atoms with Crippen molar-refractivity contribution in [1.82, 2.24) is 4.90 Å². The summed E-state index contributed by atoms with van der Waals surface area (Å²) in [7, 11) is 0. The van der Waals surface area contributed by atoms with Crippen LogP contribution >= 0.6 is 11.3 Å². The Balaban J connectivity index is 1.46. The highest BCUT2D eigenvalue weighted by Gasteiger charge is 2.41. The molecule has 3 aliphatic rings. The van der Waals surface area contributed by atoms with E-state index in [1.54, 1.807) is 6.92 Å². The number of carbonyl (C=O) groups excluding carboxylic acids is 2. The number of carbonyl (C=O) groups is 2. The average molecular weight is 437 g/mol. The number of hydrogen-bond acceptors (Lipinski definition) is 7. The summed E-state index contributed by atoms with van der Waals surface area (Å²) in [6.45, 7) is 9.07. The van der Waals surface area contributed by atoms with Crippen molar-refractivity contribution < 1.29 is 23.8 Å². The van der Waals surface area contributed by atoms with Crippen LogP contribution in [0.3, 0.4) is 0 Å². The smallest absolute Gasteiger partial charge is 0.341 e. The third kappa shape index (κ3) is 4.28. The zero-order chi connectivity index (χ0) is 21.3. The van der Waals surface area contributed by atoms with E-state index < -0.39 is 5.79 Å². The van der Waals surface area contributed by atoms with Crippen LogP contribution in [0.4, 0.5) is 5.00 Å². The first-order valence-corrected chi connectivity index (χ1v) is 11.9. The summed E-state index contributed by atoms with van der Waals surface area (Å²) in [4.78, 5) is 29.1. The highest BCUT2D eigenvalue weighted by Crippen LogP contribution is 2.40. The molecule has 0 radical (unpaired) electrons. The van der Waals surface area contributed by atoms with Crippen molar-refractivity contribution in [1.29, 1.82) is 0 Å². The summed E-state index contributed by atoms with van der Waals surface area (Å²) in [5.41, 5.74) is 1.63. The Morgan fingerprint density at radius 3 is 2.67 bits per heavy atom. The molecule has 1 aromatic heterocycles. The molecule has 166 valence electrons. The van der Waals surface area contributed by atoms with E-state index in [1.807, 2.05) is 6.92 Å². The molecule has 0 unspecified atom stereocenters. The molecule has 2 aliphatic heterocycles. The van der Waals surface area contributed by atoms with Crippen LogP contribution in [0.2, 0.25) is 0 Å². The maximum atomic E-state index is 13.1. The van der Waals surface area contributed by atoms with Crippen molar-refractivity contribution in [2.45, 2.75) is 64.7 Å². The number of hydrogen-bond donors (Lipinski definition) is 1. The summed E-state index contributed by atoms with van der Waals surface area (Å²) in [5, 5.41) is 3.69. The van der Waals surface area contributed by atoms with E-state index in [2.05, 4.69) is 17.1 Å². The molecule has 2 saturated heterocycles. The Bertz CT molecular complexity index is 792. The number of rotatable bonds is 5. The number of anilines is 1. The first-order valence-electron chi connectivity index (χ1n) is 11.1. The number of amides is 1. The third-order valence-corrected chi connectivity index (χ3v) is 7.70. The molecule has 3 heterocycles. The lowest BCUT2D eigenvalue weighted by Crippen LogP contribution is -2.51. The van der Waals surface area contributed by atoms with Crippen LogP contribution in [-0.4, -0.2) is 61.5 Å². The standard InChI is InChI=1S/C22H32N2O5S/c1-4-27-21(26)18-16-6-5-14(2)13-17(16)30-20(18)23-19(25)15(3)24-9-7-22(8-10-24)28-11-12-29-22/h14-15H,4-13H2,1-3H3,(H,23,25)/t14-,15+/m1/s1. The van der Waals surface area contributed by atoms with Gasteiger partial charge in [0.1, 0.15) is 5.00 Å². The molecular formula is C22H32N2O5S. The fourth-order valence-corrected chi connectivity index (χ4v) is 6.08. The Hall–Kier alpha value is -1.48. The van der Waals surface area contributed by atoms with Crippen LogP contribution in [0.5, 0.6) is 0 Å². The maximum absolute atomic E-state index is 13.1. The molecule has 7 nitrogen and oxygen atoms in total. The fourth-order valence-electron chi connectivity index (χ4n) is 4.68. The van der Waals surface area contributed by atoms with Gasteiger partial charge in [0.15, 0.2) is 5.79 Å². The number of ether oxygens (including phenoxy) is 3. The first kappa shape index (κ1) is 21.7. The van der Waals surface area contributed by atoms with E-state index in [9.17, 15) is 9.59 Å². The molecule has 1 spiro atoms. The van der Waals surface area contributed by atoms with Gasteiger partial charge in [-0.05, 0) is 44.6 Å². The topological polar surface area (TPSA) is 77.1 Å². The molecule has 1 aliphatic carbocycles. The molecule has 30 heavy (non-hydrogen) atoms. The molecular weight excluding hydrogens is 404 g/mol. The van der Waals surface area contributed by atoms with Crippen molar-refractivity contribution >= 4 is 28.2 Å². The predicted molar refractivity (Wildman–Crippen MR) is 115 cm³/mol. The van der Waals surface area contributed by atoms with Crippen LogP contribution in [0, 0.1) is 5.92 Å². The molecule has 2 atom stereocenters. The van der Waals surface area contributed by atoms with Gasteiger partial charge in [-0.1, -0.05) is 6.92 Å². The number of nitrogens with one attached hydrogen (secondary N) is 1. The van der Waals surface area contributed by atoms with Crippen molar-refractivity contribution in [2.24, 2.45) is 5.92 Å². The molecule has 2 fully saturated rings. The molecule has 4 rings (SSSR count). The molecule has 0 saturated carbocycles. The number of piperidine rings is 1. The monoisotopic (exact) mass is 436 g/mol. The van der Waals surface area contributed by atoms with E-state index in [-0.39, 0.29) is 17.9 Å². The van der Waals surface area contributed by atoms with Crippen molar-refractivity contribution in [3.05, 3.63) is 16.0 Å². The van der Waals surface area contributed by atoms with Gasteiger partial charge in [0.2, 0.25) is 5.91 Å². The predicted octanol–water partition coefficient (Wildman–Crippen LogP) is 3.22. The van der Waals surface area contributed by atoms with E-state index in [4.69, 9.17) is 14.2 Å². The zero-order valence-corrected chi connectivity index (χ0v) is 18.9. The SMILES string of the molecule is CCOC(=O)c1c(NC(=O)[C@H](C)N2CCC3(CC2)OCCO3)sc2c1CC[C@@H](C)C2. The lowest BCUT2D eigenvalue weighted by atomic mass is 9.88. The largest absolute Gasteiger partial charge is 0.462 e. The zero-order valence-electron chi connectivity index (χ0n) is 18.1. The summed E-state index contributed by atoms with van der Waals surface area (Å²) in [5.74, 6) is -0.276. The third-order valence-electron chi connectivity index (χ3n) is 6.53. The molecule has 1 amide bonds. The van der Waals surface area contributed by atoms with E-state index >= 15 is 0 Å². The van der Waals surface area contributed by atoms with Gasteiger partial charge in [-0.15, -0.1) is 11.3 Å². The minimum atomic E-state index is -0.451. The van der Waals surface area contributed by atoms with Crippen molar-refractivity contribution in [3.8, 4) is 0 Å². The van der Waals surface area contributed by atoms with Crippen molar-refractivity contribution in [3.63, 3.8) is 0 Å². The van der Waals surface area contributed by atoms with Gasteiger partial charge in [-0.3, -0.25) is 9.69 Å². The number of fused-ring (bicyclic) bond motifs is 1. The molecule has 0 bridgehead atoms. The normalized spacial score (nSPS) is 24.4. The molecule has 1 N–H and O–H groups in total. The van der Waals surface area contributed by atoms with Crippen LogP contribution in [-0.2, 0) is 31.8 Å².